The topological polar surface area (TPSA) is 24.9 Å². The van der Waals surface area contributed by atoms with E-state index in [1.165, 1.54) is 0 Å². The lowest BCUT2D eigenvalue weighted by Crippen LogP contribution is -2.37. The highest BCUT2D eigenvalue weighted by molar-refractivity contribution is 9.10. The largest absolute Gasteiger partial charge is 0.312 e. The first-order valence-electron chi connectivity index (χ1n) is 4.83. The van der Waals surface area contributed by atoms with E-state index in [9.17, 15) is 0 Å². The highest BCUT2D eigenvalue weighted by Crippen LogP contribution is 2.07. The Morgan fingerprint density at radius 1 is 1.36 bits per heavy atom. The monoisotopic (exact) mass is 256 g/mol. The van der Waals surface area contributed by atoms with Crippen molar-refractivity contribution in [2.24, 2.45) is 0 Å². The molecule has 78 valence electrons. The van der Waals surface area contributed by atoms with E-state index in [1.807, 2.05) is 12.3 Å². The molecule has 0 aliphatic rings. The molecule has 0 radical (unpaired) electrons. The second kappa shape index (κ2) is 4.89. The number of hydrogen-bond donors (Lipinski definition) is 1. The van der Waals surface area contributed by atoms with E-state index < -0.39 is 0 Å². The average molecular weight is 257 g/mol. The van der Waals surface area contributed by atoms with E-state index in [0.717, 1.165) is 23.1 Å². The van der Waals surface area contributed by atoms with Crippen molar-refractivity contribution in [2.45, 2.75) is 32.7 Å². The van der Waals surface area contributed by atoms with Gasteiger partial charge in [0.05, 0.1) is 0 Å². The Bertz CT molecular complexity index is 274. The van der Waals surface area contributed by atoms with Crippen LogP contribution in [0, 0.1) is 0 Å². The predicted octanol–water partition coefficient (Wildman–Crippen LogP) is 2.77. The molecule has 1 N–H and O–H groups in total. The van der Waals surface area contributed by atoms with Crippen molar-refractivity contribution < 1.29 is 0 Å². The van der Waals surface area contributed by atoms with Gasteiger partial charge in [-0.1, -0.05) is 0 Å². The molecule has 3 heteroatoms. The van der Waals surface area contributed by atoms with Crippen LogP contribution in [0.15, 0.2) is 22.8 Å². The van der Waals surface area contributed by atoms with Crippen LogP contribution in [0.25, 0.3) is 0 Å². The van der Waals surface area contributed by atoms with Gasteiger partial charge in [-0.2, -0.15) is 0 Å². The zero-order chi connectivity index (χ0) is 10.6. The SMILES string of the molecule is CC(C)(C)NCCc1ccc(Br)cn1. The molecular weight excluding hydrogens is 240 g/mol. The van der Waals surface area contributed by atoms with Gasteiger partial charge in [0.2, 0.25) is 0 Å². The van der Waals surface area contributed by atoms with E-state index in [2.05, 4.69) is 53.1 Å². The summed E-state index contributed by atoms with van der Waals surface area (Å²) in [5, 5.41) is 3.43. The first-order valence-corrected chi connectivity index (χ1v) is 5.62. The fourth-order valence-electron chi connectivity index (χ4n) is 1.12. The molecular formula is C11H17BrN2. The maximum Gasteiger partial charge on any atom is 0.0417 e. The van der Waals surface area contributed by atoms with Gasteiger partial charge >= 0.3 is 0 Å². The number of pyridine rings is 1. The van der Waals surface area contributed by atoms with Gasteiger partial charge in [-0.05, 0) is 48.8 Å². The van der Waals surface area contributed by atoms with E-state index in [-0.39, 0.29) is 5.54 Å². The van der Waals surface area contributed by atoms with Crippen LogP contribution >= 0.6 is 15.9 Å². The molecule has 1 aromatic rings. The van der Waals surface area contributed by atoms with Crippen molar-refractivity contribution in [1.82, 2.24) is 10.3 Å². The molecule has 14 heavy (non-hydrogen) atoms. The Morgan fingerprint density at radius 2 is 2.07 bits per heavy atom. The molecule has 0 saturated carbocycles. The number of hydrogen-bond acceptors (Lipinski definition) is 2. The summed E-state index contributed by atoms with van der Waals surface area (Å²) in [6.45, 7) is 7.48. The summed E-state index contributed by atoms with van der Waals surface area (Å²) in [4.78, 5) is 4.31. The fourth-order valence-corrected chi connectivity index (χ4v) is 1.35. The van der Waals surface area contributed by atoms with Crippen molar-refractivity contribution in [3.8, 4) is 0 Å². The molecule has 0 amide bonds. The third-order valence-electron chi connectivity index (χ3n) is 1.83. The molecule has 0 bridgehead atoms. The van der Waals surface area contributed by atoms with Gasteiger partial charge < -0.3 is 5.32 Å². The Kier molecular flexibility index (Phi) is 4.08. The first kappa shape index (κ1) is 11.7. The van der Waals surface area contributed by atoms with Crippen molar-refractivity contribution in [1.29, 1.82) is 0 Å². The van der Waals surface area contributed by atoms with Crippen molar-refractivity contribution in [3.05, 3.63) is 28.5 Å². The number of nitrogens with one attached hydrogen (secondary N) is 1. The molecule has 0 saturated heterocycles. The molecule has 1 rings (SSSR count). The quantitative estimate of drug-likeness (QED) is 0.900. The number of nitrogens with zero attached hydrogens (tertiary/aromatic N) is 1. The molecule has 2 nitrogen and oxygen atoms in total. The summed E-state index contributed by atoms with van der Waals surface area (Å²) in [6.07, 6.45) is 2.82. The van der Waals surface area contributed by atoms with Crippen LogP contribution in [0.4, 0.5) is 0 Å². The number of halogens is 1. The Morgan fingerprint density at radius 3 is 2.57 bits per heavy atom. The summed E-state index contributed by atoms with van der Waals surface area (Å²) < 4.78 is 1.03. The van der Waals surface area contributed by atoms with Crippen molar-refractivity contribution in [3.63, 3.8) is 0 Å². The lowest BCUT2D eigenvalue weighted by Gasteiger charge is -2.20. The van der Waals surface area contributed by atoms with Crippen LogP contribution in [-0.2, 0) is 6.42 Å². The smallest absolute Gasteiger partial charge is 0.0417 e. The highest BCUT2D eigenvalue weighted by atomic mass is 79.9. The van der Waals surface area contributed by atoms with Crippen LogP contribution in [0.1, 0.15) is 26.5 Å². The molecule has 1 heterocycles. The fraction of sp³-hybridized carbons (Fsp3) is 0.545. The standard InChI is InChI=1S/C11H17BrN2/c1-11(2,3)14-7-6-10-5-4-9(12)8-13-10/h4-5,8,14H,6-7H2,1-3H3. The number of rotatable bonds is 3. The van der Waals surface area contributed by atoms with E-state index in [4.69, 9.17) is 0 Å². The maximum absolute atomic E-state index is 4.31. The Labute approximate surface area is 94.3 Å². The van der Waals surface area contributed by atoms with Crippen LogP contribution in [0.5, 0.6) is 0 Å². The van der Waals surface area contributed by atoms with Gasteiger partial charge in [0.25, 0.3) is 0 Å². The molecule has 1 aromatic heterocycles. The molecule has 0 fully saturated rings. The predicted molar refractivity (Wildman–Crippen MR) is 63.4 cm³/mol. The normalized spacial score (nSPS) is 11.7. The lowest BCUT2D eigenvalue weighted by atomic mass is 10.1. The van der Waals surface area contributed by atoms with Gasteiger partial charge in [0, 0.05) is 34.9 Å². The Balaban J connectivity index is 2.35. The van der Waals surface area contributed by atoms with Crippen LogP contribution in [0.2, 0.25) is 0 Å². The maximum atomic E-state index is 4.31. The minimum absolute atomic E-state index is 0.190. The minimum Gasteiger partial charge on any atom is -0.312 e. The summed E-state index contributed by atoms with van der Waals surface area (Å²) in [6, 6.07) is 4.08. The van der Waals surface area contributed by atoms with E-state index >= 15 is 0 Å². The van der Waals surface area contributed by atoms with Gasteiger partial charge in [-0.15, -0.1) is 0 Å². The summed E-state index contributed by atoms with van der Waals surface area (Å²) in [5.74, 6) is 0. The lowest BCUT2D eigenvalue weighted by molar-refractivity contribution is 0.428. The van der Waals surface area contributed by atoms with E-state index in [0.29, 0.717) is 0 Å². The highest BCUT2D eigenvalue weighted by Gasteiger charge is 2.07. The van der Waals surface area contributed by atoms with Gasteiger partial charge in [0.15, 0.2) is 0 Å². The van der Waals surface area contributed by atoms with Crippen molar-refractivity contribution in [2.75, 3.05) is 6.54 Å². The zero-order valence-corrected chi connectivity index (χ0v) is 10.6. The van der Waals surface area contributed by atoms with Gasteiger partial charge in [0.1, 0.15) is 0 Å². The third-order valence-corrected chi connectivity index (χ3v) is 2.29. The van der Waals surface area contributed by atoms with Gasteiger partial charge in [-0.25, -0.2) is 0 Å². The molecule has 0 aliphatic carbocycles. The van der Waals surface area contributed by atoms with Crippen LogP contribution < -0.4 is 5.32 Å². The molecule has 0 spiro atoms. The summed E-state index contributed by atoms with van der Waals surface area (Å²) in [7, 11) is 0. The molecule has 0 atom stereocenters. The number of aromatic nitrogens is 1. The molecule has 0 aliphatic heterocycles. The third kappa shape index (κ3) is 4.72. The van der Waals surface area contributed by atoms with Gasteiger partial charge in [-0.3, -0.25) is 4.98 Å². The zero-order valence-electron chi connectivity index (χ0n) is 8.97. The minimum atomic E-state index is 0.190. The molecule has 0 aromatic carbocycles. The summed E-state index contributed by atoms with van der Waals surface area (Å²) >= 11 is 3.37. The van der Waals surface area contributed by atoms with Crippen molar-refractivity contribution >= 4 is 15.9 Å². The first-order chi connectivity index (χ1) is 6.47. The Hall–Kier alpha value is -0.410. The second-order valence-electron chi connectivity index (χ2n) is 4.39. The van der Waals surface area contributed by atoms with E-state index in [1.54, 1.807) is 0 Å². The summed E-state index contributed by atoms with van der Waals surface area (Å²) in [5.41, 5.74) is 1.32. The second-order valence-corrected chi connectivity index (χ2v) is 5.31. The van der Waals surface area contributed by atoms with Crippen LogP contribution in [-0.4, -0.2) is 17.1 Å². The average Bonchev–Trinajstić information content (AvgIpc) is 2.06. The molecule has 0 unspecified atom stereocenters. The van der Waals surface area contributed by atoms with Crippen LogP contribution in [0.3, 0.4) is 0 Å².